The van der Waals surface area contributed by atoms with Crippen LogP contribution in [-0.4, -0.2) is 69.6 Å². The molecule has 0 aliphatic carbocycles. The third kappa shape index (κ3) is 6.29. The van der Waals surface area contributed by atoms with Crippen LogP contribution in [0.3, 0.4) is 0 Å². The van der Waals surface area contributed by atoms with Crippen molar-refractivity contribution in [2.24, 2.45) is 0 Å². The van der Waals surface area contributed by atoms with Crippen LogP contribution in [0.25, 0.3) is 11.1 Å². The van der Waals surface area contributed by atoms with Crippen LogP contribution >= 0.6 is 11.6 Å². The molecule has 3 heterocycles. The summed E-state index contributed by atoms with van der Waals surface area (Å²) >= 11 is 6.39. The van der Waals surface area contributed by atoms with E-state index < -0.39 is 0 Å². The van der Waals surface area contributed by atoms with Gasteiger partial charge in [0, 0.05) is 49.3 Å². The van der Waals surface area contributed by atoms with Crippen molar-refractivity contribution in [3.05, 3.63) is 60.1 Å². The molecule has 198 valence electrons. The van der Waals surface area contributed by atoms with Gasteiger partial charge in [0.15, 0.2) is 0 Å². The standard InChI is InChI=1S/C26H30ClN9O2/c1-18(16-36-17-31-33-34-36)38-24-12-19(4-6-22(24)27)20-14-29-26(30-15-20)32-23-7-5-21(13-25(23)37-2)35-10-3-8-28-9-11-35/h4-7,12-15,17-18,28H,3,8-11,16H2,1-2H3,(H,29,30,32). The molecule has 2 aromatic heterocycles. The quantitative estimate of drug-likeness (QED) is 0.328. The second-order valence-corrected chi connectivity index (χ2v) is 9.41. The molecular formula is C26H30ClN9O2. The fourth-order valence-corrected chi connectivity index (χ4v) is 4.46. The molecule has 38 heavy (non-hydrogen) atoms. The van der Waals surface area contributed by atoms with Gasteiger partial charge in [-0.15, -0.1) is 5.10 Å². The Hall–Kier alpha value is -3.96. The molecule has 4 aromatic rings. The van der Waals surface area contributed by atoms with Gasteiger partial charge in [-0.3, -0.25) is 0 Å². The predicted molar refractivity (Wildman–Crippen MR) is 146 cm³/mol. The van der Waals surface area contributed by atoms with Crippen molar-refractivity contribution in [1.82, 2.24) is 35.5 Å². The van der Waals surface area contributed by atoms with E-state index in [2.05, 4.69) is 53.2 Å². The summed E-state index contributed by atoms with van der Waals surface area (Å²) in [6.45, 7) is 6.44. The molecule has 0 bridgehead atoms. The lowest BCUT2D eigenvalue weighted by Gasteiger charge is -2.23. The number of hydrogen-bond donors (Lipinski definition) is 2. The number of hydrogen-bond acceptors (Lipinski definition) is 10. The fraction of sp³-hybridized carbons (Fsp3) is 0.346. The molecule has 1 unspecified atom stereocenters. The van der Waals surface area contributed by atoms with Crippen LogP contribution in [0.15, 0.2) is 55.1 Å². The topological polar surface area (TPSA) is 115 Å². The molecule has 2 aromatic carbocycles. The third-order valence-corrected chi connectivity index (χ3v) is 6.53. The molecule has 0 radical (unpaired) electrons. The smallest absolute Gasteiger partial charge is 0.227 e. The van der Waals surface area contributed by atoms with Crippen molar-refractivity contribution in [2.75, 3.05) is 43.5 Å². The molecule has 2 N–H and O–H groups in total. The molecule has 5 rings (SSSR count). The van der Waals surface area contributed by atoms with Gasteiger partial charge < -0.3 is 25.0 Å². The first-order valence-electron chi connectivity index (χ1n) is 12.5. The van der Waals surface area contributed by atoms with Gasteiger partial charge >= 0.3 is 0 Å². The van der Waals surface area contributed by atoms with Gasteiger partial charge in [-0.2, -0.15) is 0 Å². The third-order valence-electron chi connectivity index (χ3n) is 6.22. The van der Waals surface area contributed by atoms with Crippen molar-refractivity contribution in [3.8, 4) is 22.6 Å². The lowest BCUT2D eigenvalue weighted by molar-refractivity contribution is 0.193. The van der Waals surface area contributed by atoms with Gasteiger partial charge in [0.25, 0.3) is 0 Å². The summed E-state index contributed by atoms with van der Waals surface area (Å²) in [7, 11) is 1.67. The second kappa shape index (κ2) is 12.1. The zero-order valence-electron chi connectivity index (χ0n) is 21.3. The van der Waals surface area contributed by atoms with Crippen molar-refractivity contribution >= 4 is 28.9 Å². The van der Waals surface area contributed by atoms with Crippen LogP contribution in [-0.2, 0) is 6.54 Å². The number of benzene rings is 2. The predicted octanol–water partition coefficient (Wildman–Crippen LogP) is 3.80. The second-order valence-electron chi connectivity index (χ2n) is 9.00. The molecule has 0 amide bonds. The minimum atomic E-state index is -0.188. The Morgan fingerprint density at radius 1 is 1.05 bits per heavy atom. The summed E-state index contributed by atoms with van der Waals surface area (Å²) in [5.41, 5.74) is 3.66. The molecule has 11 nitrogen and oxygen atoms in total. The Labute approximate surface area is 226 Å². The minimum absolute atomic E-state index is 0.188. The van der Waals surface area contributed by atoms with Gasteiger partial charge in [-0.1, -0.05) is 17.7 Å². The maximum absolute atomic E-state index is 6.39. The highest BCUT2D eigenvalue weighted by atomic mass is 35.5. The zero-order chi connectivity index (χ0) is 26.3. The molecule has 1 saturated heterocycles. The largest absolute Gasteiger partial charge is 0.494 e. The Morgan fingerprint density at radius 2 is 1.92 bits per heavy atom. The van der Waals surface area contributed by atoms with E-state index in [4.69, 9.17) is 21.1 Å². The van der Waals surface area contributed by atoms with E-state index in [0.29, 0.717) is 23.3 Å². The summed E-state index contributed by atoms with van der Waals surface area (Å²) in [6.07, 6.45) is 5.99. The summed E-state index contributed by atoms with van der Waals surface area (Å²) in [5, 5.41) is 18.4. The molecule has 1 aliphatic rings. The highest BCUT2D eigenvalue weighted by Gasteiger charge is 2.14. The molecular weight excluding hydrogens is 506 g/mol. The van der Waals surface area contributed by atoms with Gasteiger partial charge in [0.1, 0.15) is 23.9 Å². The van der Waals surface area contributed by atoms with Crippen molar-refractivity contribution < 1.29 is 9.47 Å². The SMILES string of the molecule is COc1cc(N2CCCNCC2)ccc1Nc1ncc(-c2ccc(Cl)c(OC(C)Cn3cnnn3)c2)cn1. The van der Waals surface area contributed by atoms with Crippen molar-refractivity contribution in [3.63, 3.8) is 0 Å². The number of tetrazole rings is 1. The molecule has 1 aliphatic heterocycles. The summed E-state index contributed by atoms with van der Waals surface area (Å²) in [6, 6.07) is 11.7. The Balaban J connectivity index is 1.27. The first kappa shape index (κ1) is 25.7. The van der Waals surface area contributed by atoms with E-state index in [1.165, 1.54) is 0 Å². The number of nitrogens with one attached hydrogen (secondary N) is 2. The summed E-state index contributed by atoms with van der Waals surface area (Å²) in [5.74, 6) is 1.78. The minimum Gasteiger partial charge on any atom is -0.494 e. The van der Waals surface area contributed by atoms with Gasteiger partial charge in [-0.05, 0) is 60.1 Å². The number of ether oxygens (including phenoxy) is 2. The first-order valence-corrected chi connectivity index (χ1v) is 12.9. The van der Waals surface area contributed by atoms with Gasteiger partial charge in [-0.25, -0.2) is 14.6 Å². The average molecular weight is 536 g/mol. The Kier molecular flexibility index (Phi) is 8.15. The molecule has 0 spiro atoms. The first-order chi connectivity index (χ1) is 18.6. The summed E-state index contributed by atoms with van der Waals surface area (Å²) < 4.78 is 13.3. The molecule has 1 fully saturated rings. The number of rotatable bonds is 9. The van der Waals surface area contributed by atoms with Crippen LogP contribution in [0.1, 0.15) is 13.3 Å². The monoisotopic (exact) mass is 535 g/mol. The maximum Gasteiger partial charge on any atom is 0.227 e. The fourth-order valence-electron chi connectivity index (χ4n) is 4.30. The van der Waals surface area contributed by atoms with E-state index >= 15 is 0 Å². The Bertz CT molecular complexity index is 1330. The molecule has 1 atom stereocenters. The molecule has 12 heteroatoms. The average Bonchev–Trinajstić information content (AvgIpc) is 3.29. The van der Waals surface area contributed by atoms with Crippen LogP contribution in [0.4, 0.5) is 17.3 Å². The Morgan fingerprint density at radius 3 is 2.71 bits per heavy atom. The van der Waals surface area contributed by atoms with Crippen molar-refractivity contribution in [2.45, 2.75) is 26.0 Å². The lowest BCUT2D eigenvalue weighted by Crippen LogP contribution is -2.27. The maximum atomic E-state index is 6.39. The normalized spacial score (nSPS) is 14.6. The van der Waals surface area contributed by atoms with E-state index in [1.54, 1.807) is 36.6 Å². The van der Waals surface area contributed by atoms with E-state index in [-0.39, 0.29) is 6.10 Å². The number of halogens is 1. The molecule has 0 saturated carbocycles. The number of nitrogens with zero attached hydrogens (tertiary/aromatic N) is 7. The van der Waals surface area contributed by atoms with Crippen LogP contribution < -0.4 is 25.0 Å². The number of methoxy groups -OCH3 is 1. The van der Waals surface area contributed by atoms with Crippen LogP contribution in [0.2, 0.25) is 5.02 Å². The van der Waals surface area contributed by atoms with E-state index in [1.807, 2.05) is 25.1 Å². The number of aromatic nitrogens is 6. The number of anilines is 3. The van der Waals surface area contributed by atoms with Crippen molar-refractivity contribution in [1.29, 1.82) is 0 Å². The summed E-state index contributed by atoms with van der Waals surface area (Å²) in [4.78, 5) is 11.4. The van der Waals surface area contributed by atoms with Gasteiger partial charge in [0.05, 0.1) is 24.4 Å². The van der Waals surface area contributed by atoms with Crippen LogP contribution in [0, 0.1) is 0 Å². The van der Waals surface area contributed by atoms with E-state index in [9.17, 15) is 0 Å². The van der Waals surface area contributed by atoms with Crippen LogP contribution in [0.5, 0.6) is 11.5 Å². The highest BCUT2D eigenvalue weighted by Crippen LogP contribution is 2.33. The van der Waals surface area contributed by atoms with Gasteiger partial charge in [0.2, 0.25) is 5.95 Å². The highest BCUT2D eigenvalue weighted by molar-refractivity contribution is 6.32. The zero-order valence-corrected chi connectivity index (χ0v) is 22.1. The lowest BCUT2D eigenvalue weighted by atomic mass is 10.1. The van der Waals surface area contributed by atoms with E-state index in [0.717, 1.165) is 60.9 Å².